The van der Waals surface area contributed by atoms with Crippen molar-refractivity contribution in [2.75, 3.05) is 11.9 Å². The third-order valence-electron chi connectivity index (χ3n) is 4.80. The van der Waals surface area contributed by atoms with Gasteiger partial charge in [0.2, 0.25) is 5.91 Å². The molecule has 0 aromatic heterocycles. The number of aliphatic hydroxyl groups excluding tert-OH is 1. The summed E-state index contributed by atoms with van der Waals surface area (Å²) in [6.07, 6.45) is 4.12. The summed E-state index contributed by atoms with van der Waals surface area (Å²) in [5.41, 5.74) is 2.00. The minimum absolute atomic E-state index is 0.0680. The number of aliphatic hydroxyl groups is 1. The molecule has 1 saturated carbocycles. The number of anilines is 1. The molecule has 3 heteroatoms. The van der Waals surface area contributed by atoms with Crippen molar-refractivity contribution >= 4 is 11.6 Å². The van der Waals surface area contributed by atoms with E-state index in [4.69, 9.17) is 5.11 Å². The average molecular weight is 289 g/mol. The lowest BCUT2D eigenvalue weighted by Crippen LogP contribution is -2.42. The number of nitrogens with one attached hydrogen (secondary N) is 1. The highest BCUT2D eigenvalue weighted by Gasteiger charge is 2.41. The zero-order valence-electron chi connectivity index (χ0n) is 13.4. The van der Waals surface area contributed by atoms with Gasteiger partial charge in [-0.05, 0) is 48.3 Å². The van der Waals surface area contributed by atoms with Gasteiger partial charge < -0.3 is 10.4 Å². The van der Waals surface area contributed by atoms with Crippen LogP contribution >= 0.6 is 0 Å². The van der Waals surface area contributed by atoms with Gasteiger partial charge in [-0.3, -0.25) is 4.79 Å². The molecule has 2 rings (SSSR count). The van der Waals surface area contributed by atoms with Crippen LogP contribution in [0.15, 0.2) is 24.3 Å². The first-order valence-electron chi connectivity index (χ1n) is 7.95. The standard InChI is InChI=1S/C18H27NO2/c1-13-5-4-11-18(2,3)16(13)17(21)19-15-8-6-14(7-9-15)10-12-20/h6-9,13,16,20H,4-5,10-12H2,1-3H3,(H,19,21)/t13-,16-/m0/s1. The van der Waals surface area contributed by atoms with E-state index in [9.17, 15) is 4.79 Å². The quantitative estimate of drug-likeness (QED) is 0.889. The number of carbonyl (C=O) groups excluding carboxylic acids is 1. The van der Waals surface area contributed by atoms with Crippen LogP contribution in [0.1, 0.15) is 45.6 Å². The minimum Gasteiger partial charge on any atom is -0.396 e. The number of carbonyl (C=O) groups is 1. The predicted octanol–water partition coefficient (Wildman–Crippen LogP) is 3.62. The molecular weight excluding hydrogens is 262 g/mol. The SMILES string of the molecule is C[C@H]1CCCC(C)(C)[C@@H]1C(=O)Nc1ccc(CCO)cc1. The molecule has 21 heavy (non-hydrogen) atoms. The highest BCUT2D eigenvalue weighted by Crippen LogP contribution is 2.44. The number of amides is 1. The molecule has 1 fully saturated rings. The Morgan fingerprint density at radius 2 is 2.00 bits per heavy atom. The maximum absolute atomic E-state index is 12.7. The summed E-state index contributed by atoms with van der Waals surface area (Å²) >= 11 is 0. The molecule has 116 valence electrons. The Labute approximate surface area is 127 Å². The molecule has 1 aliphatic rings. The van der Waals surface area contributed by atoms with Gasteiger partial charge in [0.1, 0.15) is 0 Å². The van der Waals surface area contributed by atoms with Gasteiger partial charge in [0.15, 0.2) is 0 Å². The number of hydrogen-bond acceptors (Lipinski definition) is 2. The second kappa shape index (κ2) is 6.61. The summed E-state index contributed by atoms with van der Waals surface area (Å²) in [6.45, 7) is 6.75. The van der Waals surface area contributed by atoms with E-state index in [2.05, 4.69) is 26.1 Å². The molecule has 0 saturated heterocycles. The monoisotopic (exact) mass is 289 g/mol. The van der Waals surface area contributed by atoms with Crippen LogP contribution in [0, 0.1) is 17.3 Å². The van der Waals surface area contributed by atoms with E-state index in [1.165, 1.54) is 6.42 Å². The van der Waals surface area contributed by atoms with Crippen LogP contribution < -0.4 is 5.32 Å². The Kier molecular flexibility index (Phi) is 5.04. The summed E-state index contributed by atoms with van der Waals surface area (Å²) in [7, 11) is 0. The van der Waals surface area contributed by atoms with E-state index in [0.29, 0.717) is 12.3 Å². The molecule has 1 aromatic carbocycles. The maximum atomic E-state index is 12.7. The van der Waals surface area contributed by atoms with Crippen LogP contribution in [0.5, 0.6) is 0 Å². The zero-order valence-corrected chi connectivity index (χ0v) is 13.4. The summed E-state index contributed by atoms with van der Waals surface area (Å²) in [5, 5.41) is 12.0. The van der Waals surface area contributed by atoms with Crippen LogP contribution in [0.4, 0.5) is 5.69 Å². The molecule has 1 aromatic rings. The Bertz CT molecular complexity index is 478. The largest absolute Gasteiger partial charge is 0.396 e. The Morgan fingerprint density at radius 1 is 1.33 bits per heavy atom. The van der Waals surface area contributed by atoms with Gasteiger partial charge >= 0.3 is 0 Å². The molecular formula is C18H27NO2. The van der Waals surface area contributed by atoms with Crippen molar-refractivity contribution in [1.29, 1.82) is 0 Å². The lowest BCUT2D eigenvalue weighted by molar-refractivity contribution is -0.127. The average Bonchev–Trinajstić information content (AvgIpc) is 2.40. The molecule has 1 aliphatic carbocycles. The molecule has 1 amide bonds. The van der Waals surface area contributed by atoms with Gasteiger partial charge in [-0.1, -0.05) is 39.3 Å². The van der Waals surface area contributed by atoms with E-state index < -0.39 is 0 Å². The summed E-state index contributed by atoms with van der Waals surface area (Å²) in [5.74, 6) is 0.646. The second-order valence-electron chi connectivity index (χ2n) is 7.00. The molecule has 0 bridgehead atoms. The van der Waals surface area contributed by atoms with Gasteiger partial charge in [-0.15, -0.1) is 0 Å². The third-order valence-corrected chi connectivity index (χ3v) is 4.80. The van der Waals surface area contributed by atoms with E-state index >= 15 is 0 Å². The fraction of sp³-hybridized carbons (Fsp3) is 0.611. The topological polar surface area (TPSA) is 49.3 Å². The Balaban J connectivity index is 2.06. The van der Waals surface area contributed by atoms with Crippen LogP contribution in [-0.4, -0.2) is 17.6 Å². The van der Waals surface area contributed by atoms with Gasteiger partial charge in [-0.25, -0.2) is 0 Å². The molecule has 0 unspecified atom stereocenters. The lowest BCUT2D eigenvalue weighted by Gasteiger charge is -2.41. The lowest BCUT2D eigenvalue weighted by atomic mass is 9.64. The van der Waals surface area contributed by atoms with Crippen molar-refractivity contribution in [1.82, 2.24) is 0 Å². The maximum Gasteiger partial charge on any atom is 0.228 e. The minimum atomic E-state index is 0.0680. The summed E-state index contributed by atoms with van der Waals surface area (Å²) < 4.78 is 0. The molecule has 0 aliphatic heterocycles. The van der Waals surface area contributed by atoms with E-state index in [1.54, 1.807) is 0 Å². The summed E-state index contributed by atoms with van der Waals surface area (Å²) in [6, 6.07) is 7.76. The van der Waals surface area contributed by atoms with Crippen molar-refractivity contribution in [3.8, 4) is 0 Å². The molecule has 2 atom stereocenters. The summed E-state index contributed by atoms with van der Waals surface area (Å²) in [4.78, 5) is 12.7. The second-order valence-corrected chi connectivity index (χ2v) is 7.00. The third kappa shape index (κ3) is 3.85. The fourth-order valence-electron chi connectivity index (χ4n) is 3.69. The predicted molar refractivity (Wildman–Crippen MR) is 86.1 cm³/mol. The molecule has 0 heterocycles. The Hall–Kier alpha value is -1.35. The number of rotatable bonds is 4. The highest BCUT2D eigenvalue weighted by atomic mass is 16.2. The van der Waals surface area contributed by atoms with Gasteiger partial charge in [0.05, 0.1) is 0 Å². The first-order valence-corrected chi connectivity index (χ1v) is 7.95. The van der Waals surface area contributed by atoms with Crippen LogP contribution in [0.3, 0.4) is 0 Å². The van der Waals surface area contributed by atoms with Crippen molar-refractivity contribution in [2.45, 2.75) is 46.5 Å². The first kappa shape index (κ1) is 16.0. The normalized spacial score (nSPS) is 24.6. The fourth-order valence-corrected chi connectivity index (χ4v) is 3.69. The molecule has 3 nitrogen and oxygen atoms in total. The highest BCUT2D eigenvalue weighted by molar-refractivity contribution is 5.93. The van der Waals surface area contributed by atoms with Gasteiger partial charge in [0.25, 0.3) is 0 Å². The van der Waals surface area contributed by atoms with Crippen LogP contribution in [-0.2, 0) is 11.2 Å². The van der Waals surface area contributed by atoms with Gasteiger partial charge in [-0.2, -0.15) is 0 Å². The molecule has 0 radical (unpaired) electrons. The van der Waals surface area contributed by atoms with E-state index in [0.717, 1.165) is 24.1 Å². The van der Waals surface area contributed by atoms with Crippen LogP contribution in [0.2, 0.25) is 0 Å². The molecule has 0 spiro atoms. The van der Waals surface area contributed by atoms with Crippen molar-refractivity contribution in [3.63, 3.8) is 0 Å². The number of hydrogen-bond donors (Lipinski definition) is 2. The number of benzene rings is 1. The first-order chi connectivity index (χ1) is 9.94. The van der Waals surface area contributed by atoms with Crippen molar-refractivity contribution in [3.05, 3.63) is 29.8 Å². The van der Waals surface area contributed by atoms with Gasteiger partial charge in [0, 0.05) is 18.2 Å². The van der Waals surface area contributed by atoms with Crippen molar-refractivity contribution < 1.29 is 9.90 Å². The zero-order chi connectivity index (χ0) is 15.5. The van der Waals surface area contributed by atoms with E-state index in [1.807, 2.05) is 24.3 Å². The van der Waals surface area contributed by atoms with Crippen LogP contribution in [0.25, 0.3) is 0 Å². The van der Waals surface area contributed by atoms with E-state index in [-0.39, 0.29) is 23.8 Å². The molecule has 2 N–H and O–H groups in total. The Morgan fingerprint density at radius 3 is 2.57 bits per heavy atom. The smallest absolute Gasteiger partial charge is 0.228 e. The van der Waals surface area contributed by atoms with Crippen molar-refractivity contribution in [2.24, 2.45) is 17.3 Å².